The second-order valence-electron chi connectivity index (χ2n) is 9.50. The van der Waals surface area contributed by atoms with Gasteiger partial charge in [0.1, 0.15) is 0 Å². The monoisotopic (exact) mass is 503 g/mol. The Kier molecular flexibility index (Phi) is 6.94. The summed E-state index contributed by atoms with van der Waals surface area (Å²) >= 11 is 6.05. The van der Waals surface area contributed by atoms with E-state index >= 15 is 0 Å². The van der Waals surface area contributed by atoms with Gasteiger partial charge in [-0.1, -0.05) is 55.6 Å². The Balaban J connectivity index is 1.51. The number of hydrogen-bond donors (Lipinski definition) is 1. The second-order valence-corrected chi connectivity index (χ2v) is 9.93. The lowest BCUT2D eigenvalue weighted by atomic mass is 10.1. The molecule has 0 saturated carbocycles. The standard InChI is InChI=1S/C28H30ClN5O2/c1-3-4-5-14-33-25(20-6-8-21(9-7-20)27(36)30-23-16-32(2)17-23)15-26(35)34-18-24(31-28(33)34)19-10-12-22(29)13-11-19/h6-13,15,18,23H,3-5,14,16-17H2,1-2H3,(H,30,36). The van der Waals surface area contributed by atoms with Crippen molar-refractivity contribution in [3.05, 3.63) is 81.7 Å². The number of nitrogens with one attached hydrogen (secondary N) is 1. The number of hydrogen-bond acceptors (Lipinski definition) is 4. The number of likely N-dealkylation sites (tertiary alicyclic amines) is 1. The Morgan fingerprint density at radius 3 is 2.42 bits per heavy atom. The Bertz CT molecular complexity index is 1430. The van der Waals surface area contributed by atoms with Crippen LogP contribution in [-0.2, 0) is 6.54 Å². The highest BCUT2D eigenvalue weighted by Gasteiger charge is 2.25. The number of halogens is 1. The van der Waals surface area contributed by atoms with Gasteiger partial charge in [-0.25, -0.2) is 4.98 Å². The fourth-order valence-corrected chi connectivity index (χ4v) is 4.81. The summed E-state index contributed by atoms with van der Waals surface area (Å²) in [7, 11) is 2.03. The molecule has 1 saturated heterocycles. The van der Waals surface area contributed by atoms with Crippen LogP contribution in [0.2, 0.25) is 5.02 Å². The third-order valence-electron chi connectivity index (χ3n) is 6.68. The average Bonchev–Trinajstić information content (AvgIpc) is 3.31. The molecule has 8 heteroatoms. The quantitative estimate of drug-likeness (QED) is 0.353. The van der Waals surface area contributed by atoms with E-state index in [0.717, 1.165) is 61.4 Å². The number of likely N-dealkylation sites (N-methyl/N-ethyl adjacent to an activating group) is 1. The fraction of sp³-hybridized carbons (Fsp3) is 0.321. The molecule has 5 rings (SSSR count). The molecule has 3 heterocycles. The molecule has 1 aliphatic heterocycles. The fourth-order valence-electron chi connectivity index (χ4n) is 4.69. The number of carbonyl (C=O) groups is 1. The molecule has 2 aromatic heterocycles. The van der Waals surface area contributed by atoms with E-state index in [9.17, 15) is 9.59 Å². The molecule has 0 spiro atoms. The summed E-state index contributed by atoms with van der Waals surface area (Å²) < 4.78 is 3.71. The molecule has 7 nitrogen and oxygen atoms in total. The summed E-state index contributed by atoms with van der Waals surface area (Å²) in [6.07, 6.45) is 4.93. The van der Waals surface area contributed by atoms with Crippen molar-refractivity contribution in [1.82, 2.24) is 24.2 Å². The van der Waals surface area contributed by atoms with Gasteiger partial charge in [0.15, 0.2) is 0 Å². The summed E-state index contributed by atoms with van der Waals surface area (Å²) in [5.74, 6) is 0.533. The van der Waals surface area contributed by atoms with Gasteiger partial charge >= 0.3 is 0 Å². The first-order valence-electron chi connectivity index (χ1n) is 12.4. The highest BCUT2D eigenvalue weighted by molar-refractivity contribution is 6.30. The largest absolute Gasteiger partial charge is 0.347 e. The molecule has 1 aliphatic rings. The van der Waals surface area contributed by atoms with Gasteiger partial charge in [-0.2, -0.15) is 0 Å². The number of benzene rings is 2. The first-order valence-corrected chi connectivity index (χ1v) is 12.8. The maximum Gasteiger partial charge on any atom is 0.259 e. The Hall–Kier alpha value is -3.42. The zero-order chi connectivity index (χ0) is 25.2. The molecule has 4 aromatic rings. The van der Waals surface area contributed by atoms with Crippen LogP contribution >= 0.6 is 11.6 Å². The minimum atomic E-state index is -0.143. The number of unbranched alkanes of at least 4 members (excludes halogenated alkanes) is 2. The summed E-state index contributed by atoms with van der Waals surface area (Å²) in [5.41, 5.74) is 3.76. The van der Waals surface area contributed by atoms with Crippen LogP contribution in [0.25, 0.3) is 28.3 Å². The van der Waals surface area contributed by atoms with Crippen molar-refractivity contribution < 1.29 is 4.79 Å². The zero-order valence-electron chi connectivity index (χ0n) is 20.6. The number of rotatable bonds is 8. The third kappa shape index (κ3) is 4.94. The number of carbonyl (C=O) groups excluding carboxylic acids is 1. The van der Waals surface area contributed by atoms with Crippen LogP contribution in [0, 0.1) is 0 Å². The van der Waals surface area contributed by atoms with E-state index < -0.39 is 0 Å². The smallest absolute Gasteiger partial charge is 0.259 e. The summed E-state index contributed by atoms with van der Waals surface area (Å²) in [5, 5.41) is 3.72. The van der Waals surface area contributed by atoms with Gasteiger partial charge in [-0.15, -0.1) is 0 Å². The molecule has 186 valence electrons. The number of imidazole rings is 1. The normalized spacial score (nSPS) is 14.2. The van der Waals surface area contributed by atoms with Crippen LogP contribution in [0.1, 0.15) is 36.5 Å². The lowest BCUT2D eigenvalue weighted by Gasteiger charge is -2.36. The molecule has 0 unspecified atom stereocenters. The predicted octanol–water partition coefficient (Wildman–Crippen LogP) is 4.72. The van der Waals surface area contributed by atoms with Crippen molar-refractivity contribution >= 4 is 23.3 Å². The lowest BCUT2D eigenvalue weighted by Crippen LogP contribution is -2.57. The molecule has 1 fully saturated rings. The van der Waals surface area contributed by atoms with E-state index in [1.807, 2.05) is 55.6 Å². The minimum Gasteiger partial charge on any atom is -0.347 e. The van der Waals surface area contributed by atoms with Gasteiger partial charge in [-0.3, -0.25) is 14.0 Å². The molecule has 36 heavy (non-hydrogen) atoms. The zero-order valence-corrected chi connectivity index (χ0v) is 21.3. The molecule has 2 aromatic carbocycles. The lowest BCUT2D eigenvalue weighted by molar-refractivity contribution is 0.0858. The van der Waals surface area contributed by atoms with Crippen LogP contribution < -0.4 is 10.9 Å². The van der Waals surface area contributed by atoms with Crippen LogP contribution in [-0.4, -0.2) is 50.9 Å². The SMILES string of the molecule is CCCCCn1c(-c2ccc(C(=O)NC3CN(C)C3)cc2)cc(=O)n2cc(-c3ccc(Cl)cc3)nc12. The molecule has 0 atom stereocenters. The highest BCUT2D eigenvalue weighted by atomic mass is 35.5. The minimum absolute atomic E-state index is 0.0729. The van der Waals surface area contributed by atoms with Gasteiger partial charge < -0.3 is 14.8 Å². The van der Waals surface area contributed by atoms with Gasteiger partial charge in [0.05, 0.1) is 17.4 Å². The van der Waals surface area contributed by atoms with E-state index in [0.29, 0.717) is 16.4 Å². The van der Waals surface area contributed by atoms with E-state index in [-0.39, 0.29) is 17.5 Å². The van der Waals surface area contributed by atoms with Gasteiger partial charge in [0, 0.05) is 48.0 Å². The summed E-state index contributed by atoms with van der Waals surface area (Å²) in [6, 6.07) is 16.8. The molecule has 0 radical (unpaired) electrons. The van der Waals surface area contributed by atoms with E-state index in [2.05, 4.69) is 21.7 Å². The van der Waals surface area contributed by atoms with Crippen molar-refractivity contribution in [1.29, 1.82) is 0 Å². The van der Waals surface area contributed by atoms with Crippen molar-refractivity contribution in [2.45, 2.75) is 38.8 Å². The van der Waals surface area contributed by atoms with Gasteiger partial charge in [0.25, 0.3) is 11.5 Å². The molecule has 1 N–H and O–H groups in total. The van der Waals surface area contributed by atoms with Gasteiger partial charge in [0.2, 0.25) is 5.78 Å². The first kappa shape index (κ1) is 24.3. The van der Waals surface area contributed by atoms with Crippen molar-refractivity contribution in [2.75, 3.05) is 20.1 Å². The van der Waals surface area contributed by atoms with Crippen molar-refractivity contribution in [2.24, 2.45) is 0 Å². The number of fused-ring (bicyclic) bond motifs is 1. The van der Waals surface area contributed by atoms with E-state index in [4.69, 9.17) is 16.6 Å². The number of aryl methyl sites for hydroxylation is 1. The molecular formula is C28H30ClN5O2. The van der Waals surface area contributed by atoms with Crippen LogP contribution in [0.4, 0.5) is 0 Å². The summed E-state index contributed by atoms with van der Waals surface area (Å²) in [6.45, 7) is 4.65. The van der Waals surface area contributed by atoms with E-state index in [1.54, 1.807) is 16.7 Å². The Morgan fingerprint density at radius 1 is 1.06 bits per heavy atom. The molecular weight excluding hydrogens is 474 g/mol. The first-order chi connectivity index (χ1) is 17.4. The maximum atomic E-state index is 13.1. The van der Waals surface area contributed by atoms with Crippen LogP contribution in [0.15, 0.2) is 65.6 Å². The van der Waals surface area contributed by atoms with Crippen LogP contribution in [0.5, 0.6) is 0 Å². The topological polar surface area (TPSA) is 71.6 Å². The van der Waals surface area contributed by atoms with Gasteiger partial charge in [-0.05, 0) is 43.3 Å². The van der Waals surface area contributed by atoms with Crippen LogP contribution in [0.3, 0.4) is 0 Å². The molecule has 0 bridgehead atoms. The molecule has 1 amide bonds. The van der Waals surface area contributed by atoms with E-state index in [1.165, 1.54) is 0 Å². The third-order valence-corrected chi connectivity index (χ3v) is 6.94. The highest BCUT2D eigenvalue weighted by Crippen LogP contribution is 2.25. The average molecular weight is 504 g/mol. The van der Waals surface area contributed by atoms with Crippen molar-refractivity contribution in [3.8, 4) is 22.5 Å². The predicted molar refractivity (Wildman–Crippen MR) is 144 cm³/mol. The van der Waals surface area contributed by atoms with Crippen molar-refractivity contribution in [3.63, 3.8) is 0 Å². The second kappa shape index (κ2) is 10.3. The number of amides is 1. The summed E-state index contributed by atoms with van der Waals surface area (Å²) in [4.78, 5) is 32.8. The number of nitrogens with zero attached hydrogens (tertiary/aromatic N) is 4. The maximum absolute atomic E-state index is 13.1. The Labute approximate surface area is 215 Å². The molecule has 0 aliphatic carbocycles. The number of aromatic nitrogens is 3. The Morgan fingerprint density at radius 2 is 1.75 bits per heavy atom.